The molecule has 1 atom stereocenters. The van der Waals surface area contributed by atoms with Crippen LogP contribution in [0.2, 0.25) is 0 Å². The van der Waals surface area contributed by atoms with Gasteiger partial charge in [0, 0.05) is 0 Å². The van der Waals surface area contributed by atoms with Crippen LogP contribution >= 0.6 is 0 Å². The number of hydrogen-bond acceptors (Lipinski definition) is 7. The Morgan fingerprint density at radius 1 is 0.971 bits per heavy atom. The van der Waals surface area contributed by atoms with Gasteiger partial charge in [0.25, 0.3) is 5.91 Å². The number of ether oxygens (including phenoxy) is 2. The molecule has 1 aliphatic carbocycles. The lowest BCUT2D eigenvalue weighted by Gasteiger charge is -2.40. The van der Waals surface area contributed by atoms with E-state index in [2.05, 4.69) is 11.8 Å². The summed E-state index contributed by atoms with van der Waals surface area (Å²) in [5.41, 5.74) is 1.46. The molecular weight excluding hydrogens is 468 g/mol. The second-order valence-corrected chi connectivity index (χ2v) is 12.0. The van der Waals surface area contributed by atoms with Gasteiger partial charge in [0.2, 0.25) is 0 Å². The van der Waals surface area contributed by atoms with E-state index in [-0.39, 0.29) is 23.2 Å². The summed E-state index contributed by atoms with van der Waals surface area (Å²) < 4.78 is 37.0. The zero-order valence-corrected chi connectivity index (χ0v) is 21.1. The van der Waals surface area contributed by atoms with E-state index in [1.807, 2.05) is 0 Å². The second kappa shape index (κ2) is 10.2. The third-order valence-electron chi connectivity index (χ3n) is 7.64. The lowest BCUT2D eigenvalue weighted by atomic mass is 9.76. The van der Waals surface area contributed by atoms with Gasteiger partial charge < -0.3 is 14.4 Å². The van der Waals surface area contributed by atoms with Gasteiger partial charge in [-0.1, -0.05) is 6.92 Å². The number of hydroxylamine groups is 1. The number of rotatable bonds is 8. The zero-order valence-electron chi connectivity index (χ0n) is 20.3. The second-order valence-electron chi connectivity index (χ2n) is 9.71. The van der Waals surface area contributed by atoms with Crippen molar-refractivity contribution >= 4 is 15.7 Å². The average Bonchev–Trinajstić information content (AvgIpc) is 3.27. The molecule has 2 N–H and O–H groups in total. The summed E-state index contributed by atoms with van der Waals surface area (Å²) in [6.07, 6.45) is 3.86. The topological polar surface area (TPSA) is 105 Å². The normalized spacial score (nSPS) is 22.1. The lowest BCUT2D eigenvalue weighted by molar-refractivity contribution is -0.132. The van der Waals surface area contributed by atoms with Gasteiger partial charge in [0.15, 0.2) is 14.6 Å². The third-order valence-corrected chi connectivity index (χ3v) is 10.1. The highest BCUT2D eigenvalue weighted by Gasteiger charge is 2.60. The summed E-state index contributed by atoms with van der Waals surface area (Å²) >= 11 is 0. The van der Waals surface area contributed by atoms with Gasteiger partial charge in [-0.15, -0.1) is 0 Å². The lowest BCUT2D eigenvalue weighted by Crippen LogP contribution is -2.51. The van der Waals surface area contributed by atoms with Crippen LogP contribution in [0.25, 0.3) is 0 Å². The molecule has 1 amide bonds. The Hall–Kier alpha value is -2.62. The quantitative estimate of drug-likeness (QED) is 0.412. The van der Waals surface area contributed by atoms with Crippen molar-refractivity contribution in [3.63, 3.8) is 0 Å². The summed E-state index contributed by atoms with van der Waals surface area (Å²) in [5.74, 6) is 0.922. The molecular formula is C26H34N2O6S. The van der Waals surface area contributed by atoms with Crippen LogP contribution in [-0.2, 0) is 14.6 Å². The van der Waals surface area contributed by atoms with Crippen molar-refractivity contribution in [2.75, 3.05) is 26.7 Å². The van der Waals surface area contributed by atoms with E-state index in [0.29, 0.717) is 23.7 Å². The smallest absolute Gasteiger partial charge is 0.265 e. The minimum atomic E-state index is -4.07. The fraction of sp³-hybridized carbons (Fsp3) is 0.500. The van der Waals surface area contributed by atoms with E-state index < -0.39 is 20.5 Å². The van der Waals surface area contributed by atoms with Gasteiger partial charge in [0.05, 0.1) is 12.0 Å². The number of likely N-dealkylation sites (tertiary alicyclic amines) is 1. The summed E-state index contributed by atoms with van der Waals surface area (Å²) in [6.45, 7) is 4.99. The Balaban J connectivity index is 1.55. The monoisotopic (exact) mass is 502 g/mol. The molecule has 2 aromatic carbocycles. The van der Waals surface area contributed by atoms with Gasteiger partial charge >= 0.3 is 0 Å². The molecule has 1 aliphatic heterocycles. The zero-order chi connectivity index (χ0) is 25.1. The van der Waals surface area contributed by atoms with Gasteiger partial charge in [-0.2, -0.15) is 0 Å². The first-order valence-corrected chi connectivity index (χ1v) is 13.6. The summed E-state index contributed by atoms with van der Waals surface area (Å²) in [4.78, 5) is 15.4. The Labute approximate surface area is 207 Å². The maximum Gasteiger partial charge on any atom is 0.265 e. The number of sulfone groups is 1. The van der Waals surface area contributed by atoms with Crippen LogP contribution in [0.1, 0.15) is 45.4 Å². The van der Waals surface area contributed by atoms with E-state index in [0.717, 1.165) is 38.9 Å². The first kappa shape index (κ1) is 25.5. The van der Waals surface area contributed by atoms with Gasteiger partial charge in [0.1, 0.15) is 17.2 Å². The van der Waals surface area contributed by atoms with E-state index in [1.165, 1.54) is 12.1 Å². The van der Waals surface area contributed by atoms with E-state index in [9.17, 15) is 18.4 Å². The van der Waals surface area contributed by atoms with Gasteiger partial charge in [-0.05, 0) is 112 Å². The molecule has 0 aromatic heterocycles. The molecule has 190 valence electrons. The summed E-state index contributed by atoms with van der Waals surface area (Å²) in [5, 5.41) is 9.51. The number of amides is 1. The number of carbonyl (C=O) groups is 1. The molecule has 0 bridgehead atoms. The molecule has 9 heteroatoms. The van der Waals surface area contributed by atoms with Crippen molar-refractivity contribution in [3.05, 3.63) is 48.5 Å². The Morgan fingerprint density at radius 3 is 2.09 bits per heavy atom. The first-order valence-electron chi connectivity index (χ1n) is 12.1. The molecule has 1 saturated carbocycles. The minimum Gasteiger partial charge on any atom is -0.497 e. The first-order chi connectivity index (χ1) is 16.8. The fourth-order valence-corrected chi connectivity index (χ4v) is 7.69. The van der Waals surface area contributed by atoms with E-state index in [1.54, 1.807) is 49.0 Å². The van der Waals surface area contributed by atoms with Crippen LogP contribution in [-0.4, -0.2) is 55.9 Å². The summed E-state index contributed by atoms with van der Waals surface area (Å²) in [6, 6.07) is 13.2. The molecule has 1 saturated heterocycles. The largest absolute Gasteiger partial charge is 0.497 e. The highest BCUT2D eigenvalue weighted by Crippen LogP contribution is 2.55. The maximum atomic E-state index is 13.9. The number of benzene rings is 2. The molecule has 1 unspecified atom stereocenters. The molecule has 2 fully saturated rings. The van der Waals surface area contributed by atoms with Crippen LogP contribution in [0.4, 0.5) is 0 Å². The maximum absolute atomic E-state index is 13.9. The van der Waals surface area contributed by atoms with Crippen LogP contribution in [0, 0.1) is 5.41 Å². The van der Waals surface area contributed by atoms with Crippen LogP contribution in [0.15, 0.2) is 53.4 Å². The molecule has 1 heterocycles. The predicted octanol–water partition coefficient (Wildman–Crippen LogP) is 4.18. The molecule has 4 rings (SSSR count). The van der Waals surface area contributed by atoms with Crippen molar-refractivity contribution in [2.24, 2.45) is 5.41 Å². The Morgan fingerprint density at radius 2 is 1.54 bits per heavy atom. The summed E-state index contributed by atoms with van der Waals surface area (Å²) in [7, 11) is -2.48. The highest BCUT2D eigenvalue weighted by molar-refractivity contribution is 7.93. The molecule has 1 spiro atoms. The van der Waals surface area contributed by atoms with Crippen molar-refractivity contribution in [1.82, 2.24) is 10.4 Å². The molecule has 8 nitrogen and oxygen atoms in total. The fourth-order valence-electron chi connectivity index (χ4n) is 5.58. The number of methoxy groups -OCH3 is 1. The third kappa shape index (κ3) is 4.90. The number of hydrogen-bond donors (Lipinski definition) is 2. The molecule has 2 aromatic rings. The number of carbonyl (C=O) groups excluding carboxylic acids is 1. The van der Waals surface area contributed by atoms with Crippen LogP contribution in [0.3, 0.4) is 0 Å². The number of nitrogens with zero attached hydrogens (tertiary/aromatic N) is 1. The number of nitrogens with one attached hydrogen (secondary N) is 1. The van der Waals surface area contributed by atoms with Crippen molar-refractivity contribution in [1.29, 1.82) is 0 Å². The predicted molar refractivity (Wildman–Crippen MR) is 132 cm³/mol. The standard InChI is InChI=1S/C26H34N2O6S/c1-3-16-28-17-14-25(15-18-28)12-13-26(19-25,24(29)27-30)35(31,32)23-10-8-22(9-11-23)34-21-6-4-20(33-2)5-7-21/h4-11,30H,3,12-19H2,1-2H3,(H,27,29). The minimum absolute atomic E-state index is 0.0450. The number of piperidine rings is 1. The molecule has 35 heavy (non-hydrogen) atoms. The Kier molecular flexibility index (Phi) is 7.40. The van der Waals surface area contributed by atoms with Gasteiger partial charge in [-0.25, -0.2) is 13.9 Å². The van der Waals surface area contributed by atoms with Crippen molar-refractivity contribution < 1.29 is 27.9 Å². The Bertz CT molecular complexity index is 1130. The molecule has 0 radical (unpaired) electrons. The SMILES string of the molecule is CCCN1CCC2(CC1)CCC(C(=O)NO)(S(=O)(=O)c1ccc(Oc3ccc(OC)cc3)cc1)C2. The van der Waals surface area contributed by atoms with Crippen molar-refractivity contribution in [2.45, 2.75) is 55.1 Å². The van der Waals surface area contributed by atoms with Gasteiger partial charge in [-0.3, -0.25) is 10.0 Å². The highest BCUT2D eigenvalue weighted by atomic mass is 32.2. The van der Waals surface area contributed by atoms with Crippen LogP contribution in [0.5, 0.6) is 17.2 Å². The molecule has 2 aliphatic rings. The average molecular weight is 503 g/mol. The van der Waals surface area contributed by atoms with Crippen LogP contribution < -0.4 is 15.0 Å². The van der Waals surface area contributed by atoms with Crippen molar-refractivity contribution in [3.8, 4) is 17.2 Å². The van der Waals surface area contributed by atoms with E-state index >= 15 is 0 Å². The van der Waals surface area contributed by atoms with E-state index in [4.69, 9.17) is 9.47 Å².